The second-order valence-corrected chi connectivity index (χ2v) is 8.53. The summed E-state index contributed by atoms with van der Waals surface area (Å²) in [6, 6.07) is 30.4. The van der Waals surface area contributed by atoms with E-state index in [1.165, 1.54) is 10.5 Å². The molecule has 0 saturated heterocycles. The van der Waals surface area contributed by atoms with E-state index in [2.05, 4.69) is 29.6 Å². The minimum absolute atomic E-state index is 0.164. The molecule has 4 heteroatoms. The molecule has 4 aromatic carbocycles. The molecule has 0 aliphatic rings. The van der Waals surface area contributed by atoms with Crippen molar-refractivity contribution in [1.29, 1.82) is 0 Å². The highest BCUT2D eigenvalue weighted by atomic mass is 32.2. The topological polar surface area (TPSA) is 38.3 Å². The molecule has 0 aromatic heterocycles. The number of hydrogen-bond acceptors (Lipinski definition) is 3. The van der Waals surface area contributed by atoms with Gasteiger partial charge in [0.25, 0.3) is 5.91 Å². The monoisotopic (exact) mass is 427 g/mol. The van der Waals surface area contributed by atoms with Crippen molar-refractivity contribution < 1.29 is 9.53 Å². The van der Waals surface area contributed by atoms with Crippen LogP contribution in [-0.2, 0) is 10.5 Å². The highest BCUT2D eigenvalue weighted by Gasteiger charge is 2.17. The van der Waals surface area contributed by atoms with Gasteiger partial charge < -0.3 is 10.1 Å². The summed E-state index contributed by atoms with van der Waals surface area (Å²) in [7, 11) is 0. The molecule has 0 saturated carbocycles. The number of carbonyl (C=O) groups is 1. The molecule has 31 heavy (non-hydrogen) atoms. The average Bonchev–Trinajstić information content (AvgIpc) is 2.80. The summed E-state index contributed by atoms with van der Waals surface area (Å²) in [4.78, 5) is 14.0. The first-order chi connectivity index (χ1) is 15.1. The Balaban J connectivity index is 1.39. The summed E-state index contributed by atoms with van der Waals surface area (Å²) >= 11 is 1.80. The van der Waals surface area contributed by atoms with Gasteiger partial charge in [0.15, 0.2) is 6.10 Å². The Morgan fingerprint density at radius 2 is 1.68 bits per heavy atom. The maximum absolute atomic E-state index is 12.8. The predicted octanol–water partition coefficient (Wildman–Crippen LogP) is 6.85. The summed E-state index contributed by atoms with van der Waals surface area (Å²) in [6.45, 7) is 3.79. The van der Waals surface area contributed by atoms with Gasteiger partial charge in [-0.2, -0.15) is 0 Å². The lowest BCUT2D eigenvalue weighted by Crippen LogP contribution is -2.30. The molecule has 1 amide bonds. The van der Waals surface area contributed by atoms with Crippen LogP contribution in [0.5, 0.6) is 5.75 Å². The van der Waals surface area contributed by atoms with Gasteiger partial charge in [0.05, 0.1) is 0 Å². The van der Waals surface area contributed by atoms with Crippen LogP contribution < -0.4 is 10.1 Å². The highest BCUT2D eigenvalue weighted by Crippen LogP contribution is 2.27. The van der Waals surface area contributed by atoms with Crippen molar-refractivity contribution in [3.63, 3.8) is 0 Å². The lowest BCUT2D eigenvalue weighted by atomic mass is 10.1. The van der Waals surface area contributed by atoms with E-state index < -0.39 is 6.10 Å². The number of carbonyl (C=O) groups excluding carboxylic acids is 1. The Hall–Kier alpha value is -3.24. The maximum Gasteiger partial charge on any atom is 0.265 e. The van der Waals surface area contributed by atoms with Crippen molar-refractivity contribution in [2.45, 2.75) is 30.6 Å². The zero-order chi connectivity index (χ0) is 21.6. The first-order valence-electron chi connectivity index (χ1n) is 10.3. The maximum atomic E-state index is 12.8. The van der Waals surface area contributed by atoms with Crippen LogP contribution in [0.4, 0.5) is 5.69 Å². The Morgan fingerprint density at radius 1 is 0.935 bits per heavy atom. The first-order valence-corrected chi connectivity index (χ1v) is 11.3. The second-order valence-electron chi connectivity index (χ2n) is 7.48. The molecule has 0 unspecified atom stereocenters. The second kappa shape index (κ2) is 9.71. The smallest absolute Gasteiger partial charge is 0.265 e. The van der Waals surface area contributed by atoms with E-state index >= 15 is 0 Å². The molecule has 3 nitrogen and oxygen atoms in total. The lowest BCUT2D eigenvalue weighted by Gasteiger charge is -2.17. The number of amides is 1. The van der Waals surface area contributed by atoms with Crippen molar-refractivity contribution in [3.8, 4) is 5.75 Å². The SMILES string of the molecule is Cc1cc(CSc2ccccc2)ccc1NC(=O)[C@H](C)Oc1cccc2ccccc12. The van der Waals surface area contributed by atoms with E-state index in [0.717, 1.165) is 27.8 Å². The molecule has 0 radical (unpaired) electrons. The zero-order valence-corrected chi connectivity index (χ0v) is 18.5. The predicted molar refractivity (Wildman–Crippen MR) is 130 cm³/mol. The van der Waals surface area contributed by atoms with E-state index in [0.29, 0.717) is 5.75 Å². The zero-order valence-electron chi connectivity index (χ0n) is 17.7. The fourth-order valence-electron chi connectivity index (χ4n) is 3.42. The van der Waals surface area contributed by atoms with Gasteiger partial charge in [0.2, 0.25) is 0 Å². The largest absolute Gasteiger partial charge is 0.480 e. The third kappa shape index (κ3) is 5.28. The summed E-state index contributed by atoms with van der Waals surface area (Å²) in [5.74, 6) is 1.44. The van der Waals surface area contributed by atoms with Gasteiger partial charge in [0.1, 0.15) is 5.75 Å². The third-order valence-electron chi connectivity index (χ3n) is 5.12. The Morgan fingerprint density at radius 3 is 2.48 bits per heavy atom. The number of rotatable bonds is 7. The molecule has 0 fully saturated rings. The number of nitrogens with one attached hydrogen (secondary N) is 1. The number of anilines is 1. The quantitative estimate of drug-likeness (QED) is 0.328. The first kappa shape index (κ1) is 21.0. The van der Waals surface area contributed by atoms with Gasteiger partial charge in [0, 0.05) is 21.7 Å². The number of benzene rings is 4. The van der Waals surface area contributed by atoms with Crippen LogP contribution in [0.15, 0.2) is 95.9 Å². The summed E-state index contributed by atoms with van der Waals surface area (Å²) in [5.41, 5.74) is 3.08. The molecular weight excluding hydrogens is 402 g/mol. The molecule has 0 spiro atoms. The number of thioether (sulfide) groups is 1. The highest BCUT2D eigenvalue weighted by molar-refractivity contribution is 7.98. The molecule has 0 aliphatic heterocycles. The van der Waals surface area contributed by atoms with Crippen LogP contribution >= 0.6 is 11.8 Å². The van der Waals surface area contributed by atoms with Gasteiger partial charge in [-0.15, -0.1) is 11.8 Å². The Labute approximate surface area is 187 Å². The van der Waals surface area contributed by atoms with E-state index in [4.69, 9.17) is 4.74 Å². The van der Waals surface area contributed by atoms with Gasteiger partial charge in [-0.25, -0.2) is 0 Å². The van der Waals surface area contributed by atoms with E-state index in [1.807, 2.05) is 73.7 Å². The van der Waals surface area contributed by atoms with Crippen molar-refractivity contribution in [1.82, 2.24) is 0 Å². The number of fused-ring (bicyclic) bond motifs is 1. The van der Waals surface area contributed by atoms with Crippen LogP contribution in [0, 0.1) is 6.92 Å². The fraction of sp³-hybridized carbons (Fsp3) is 0.148. The van der Waals surface area contributed by atoms with Crippen LogP contribution in [0.3, 0.4) is 0 Å². The van der Waals surface area contributed by atoms with E-state index in [1.54, 1.807) is 18.7 Å². The Bertz CT molecular complexity index is 1180. The van der Waals surface area contributed by atoms with Gasteiger partial charge >= 0.3 is 0 Å². The summed E-state index contributed by atoms with van der Waals surface area (Å²) < 4.78 is 6.00. The molecule has 1 N–H and O–H groups in total. The molecule has 0 bridgehead atoms. The normalized spacial score (nSPS) is 11.8. The van der Waals surface area contributed by atoms with Crippen LogP contribution in [-0.4, -0.2) is 12.0 Å². The van der Waals surface area contributed by atoms with Gasteiger partial charge in [-0.1, -0.05) is 66.7 Å². The van der Waals surface area contributed by atoms with Crippen molar-refractivity contribution in [2.75, 3.05) is 5.32 Å². The fourth-order valence-corrected chi connectivity index (χ4v) is 4.28. The summed E-state index contributed by atoms with van der Waals surface area (Å²) in [6.07, 6.45) is -0.612. The number of hydrogen-bond donors (Lipinski definition) is 1. The average molecular weight is 428 g/mol. The molecule has 4 aromatic rings. The van der Waals surface area contributed by atoms with Crippen LogP contribution in [0.2, 0.25) is 0 Å². The van der Waals surface area contributed by atoms with Crippen molar-refractivity contribution in [3.05, 3.63) is 102 Å². The molecule has 0 aliphatic carbocycles. The van der Waals surface area contributed by atoms with E-state index in [-0.39, 0.29) is 5.91 Å². The standard InChI is InChI=1S/C27H25NO2S/c1-19-17-21(18-31-23-11-4-3-5-12-23)15-16-25(19)28-27(29)20(2)30-26-14-8-10-22-9-6-7-13-24(22)26/h3-17,20H,18H2,1-2H3,(H,28,29)/t20-/m0/s1. The number of aryl methyl sites for hydroxylation is 1. The van der Waals surface area contributed by atoms with Crippen molar-refractivity contribution in [2.24, 2.45) is 0 Å². The van der Waals surface area contributed by atoms with Gasteiger partial charge in [-0.3, -0.25) is 4.79 Å². The van der Waals surface area contributed by atoms with Gasteiger partial charge in [-0.05, 0) is 54.6 Å². The summed E-state index contributed by atoms with van der Waals surface area (Å²) in [5, 5.41) is 5.10. The van der Waals surface area contributed by atoms with Crippen molar-refractivity contribution >= 4 is 34.1 Å². The number of ether oxygens (including phenoxy) is 1. The third-order valence-corrected chi connectivity index (χ3v) is 6.20. The minimum Gasteiger partial charge on any atom is -0.480 e. The molecule has 1 atom stereocenters. The molecule has 4 rings (SSSR count). The minimum atomic E-state index is -0.612. The lowest BCUT2D eigenvalue weighted by molar-refractivity contribution is -0.122. The van der Waals surface area contributed by atoms with Crippen LogP contribution in [0.1, 0.15) is 18.1 Å². The molecular formula is C27H25NO2S. The molecule has 0 heterocycles. The molecule has 156 valence electrons. The van der Waals surface area contributed by atoms with Crippen LogP contribution in [0.25, 0.3) is 10.8 Å². The van der Waals surface area contributed by atoms with E-state index in [9.17, 15) is 4.79 Å². The Kier molecular flexibility index (Phi) is 6.58.